The van der Waals surface area contributed by atoms with Gasteiger partial charge in [0.1, 0.15) is 0 Å². The van der Waals surface area contributed by atoms with Crippen LogP contribution in [0.25, 0.3) is 6.08 Å². The van der Waals surface area contributed by atoms with E-state index in [1.54, 1.807) is 30.3 Å². The van der Waals surface area contributed by atoms with E-state index in [-0.39, 0.29) is 12.7 Å². The number of hydrogen-bond donors (Lipinski definition) is 1. The molecular weight excluding hydrogens is 370 g/mol. The summed E-state index contributed by atoms with van der Waals surface area (Å²) in [5.41, 5.74) is 1.32. The van der Waals surface area contributed by atoms with E-state index in [0.717, 1.165) is 10.0 Å². The Bertz CT molecular complexity index is 761. The molecule has 1 aliphatic heterocycles. The number of carbonyl (C=O) groups is 1. The molecule has 1 N–H and O–H groups in total. The second-order valence-corrected chi connectivity index (χ2v) is 5.76. The lowest BCUT2D eigenvalue weighted by molar-refractivity contribution is -0.111. The number of para-hydroxylation sites is 1. The van der Waals surface area contributed by atoms with Crippen molar-refractivity contribution in [2.75, 3.05) is 12.1 Å². The van der Waals surface area contributed by atoms with Gasteiger partial charge in [0.15, 0.2) is 11.5 Å². The van der Waals surface area contributed by atoms with Gasteiger partial charge in [-0.05, 0) is 30.3 Å². The second-order valence-electron chi connectivity index (χ2n) is 4.50. The predicted molar refractivity (Wildman–Crippen MR) is 89.4 cm³/mol. The topological polar surface area (TPSA) is 47.6 Å². The maximum absolute atomic E-state index is 12.0. The third-order valence-corrected chi connectivity index (χ3v) is 4.08. The minimum atomic E-state index is -0.281. The lowest BCUT2D eigenvalue weighted by Gasteiger charge is -2.05. The van der Waals surface area contributed by atoms with Crippen LogP contribution in [0, 0.1) is 0 Å². The van der Waals surface area contributed by atoms with Crippen LogP contribution in [0.3, 0.4) is 0 Å². The average Bonchev–Trinajstić information content (AvgIpc) is 2.97. The smallest absolute Gasteiger partial charge is 0.248 e. The molecule has 3 rings (SSSR count). The summed E-state index contributed by atoms with van der Waals surface area (Å²) < 4.78 is 11.6. The first-order valence-electron chi connectivity index (χ1n) is 6.47. The molecule has 0 aromatic heterocycles. The van der Waals surface area contributed by atoms with Gasteiger partial charge in [0.25, 0.3) is 0 Å². The Kier molecular flexibility index (Phi) is 4.36. The SMILES string of the molecule is O=C(/C=C/c1c(Br)ccc2c1OCO2)Nc1ccccc1Cl. The summed E-state index contributed by atoms with van der Waals surface area (Å²) in [6.07, 6.45) is 3.09. The molecule has 1 aliphatic rings. The van der Waals surface area contributed by atoms with E-state index in [0.29, 0.717) is 22.2 Å². The van der Waals surface area contributed by atoms with Crippen LogP contribution in [-0.2, 0) is 4.79 Å². The summed E-state index contributed by atoms with van der Waals surface area (Å²) in [5.74, 6) is 1.00. The van der Waals surface area contributed by atoms with Crippen LogP contribution < -0.4 is 14.8 Å². The molecule has 0 unspecified atom stereocenters. The van der Waals surface area contributed by atoms with Gasteiger partial charge in [0.2, 0.25) is 12.7 Å². The van der Waals surface area contributed by atoms with Crippen LogP contribution in [0.1, 0.15) is 5.56 Å². The van der Waals surface area contributed by atoms with Crippen molar-refractivity contribution in [1.82, 2.24) is 0 Å². The van der Waals surface area contributed by atoms with Crippen LogP contribution in [0.2, 0.25) is 5.02 Å². The molecule has 1 amide bonds. The molecule has 2 aromatic carbocycles. The van der Waals surface area contributed by atoms with E-state index in [2.05, 4.69) is 21.2 Å². The molecule has 22 heavy (non-hydrogen) atoms. The highest BCUT2D eigenvalue weighted by molar-refractivity contribution is 9.10. The first kappa shape index (κ1) is 14.9. The molecule has 6 heteroatoms. The number of carbonyl (C=O) groups excluding carboxylic acids is 1. The summed E-state index contributed by atoms with van der Waals surface area (Å²) in [7, 11) is 0. The summed E-state index contributed by atoms with van der Waals surface area (Å²) in [4.78, 5) is 12.0. The van der Waals surface area contributed by atoms with Crippen molar-refractivity contribution in [3.05, 3.63) is 57.5 Å². The lowest BCUT2D eigenvalue weighted by atomic mass is 10.1. The number of amides is 1. The number of nitrogens with one attached hydrogen (secondary N) is 1. The maximum atomic E-state index is 12.0. The zero-order valence-electron chi connectivity index (χ0n) is 11.3. The number of benzene rings is 2. The third kappa shape index (κ3) is 3.10. The number of anilines is 1. The molecule has 0 radical (unpaired) electrons. The van der Waals surface area contributed by atoms with Crippen LogP contribution in [-0.4, -0.2) is 12.7 Å². The van der Waals surface area contributed by atoms with E-state index in [1.165, 1.54) is 6.08 Å². The van der Waals surface area contributed by atoms with Crippen LogP contribution in [0.4, 0.5) is 5.69 Å². The zero-order chi connectivity index (χ0) is 15.5. The van der Waals surface area contributed by atoms with Gasteiger partial charge in [0.05, 0.1) is 10.7 Å². The molecule has 0 aliphatic carbocycles. The number of hydrogen-bond acceptors (Lipinski definition) is 3. The fraction of sp³-hybridized carbons (Fsp3) is 0.0625. The molecule has 0 saturated carbocycles. The van der Waals surface area contributed by atoms with Crippen molar-refractivity contribution in [3.8, 4) is 11.5 Å². The summed E-state index contributed by atoms with van der Waals surface area (Å²) in [5, 5.41) is 3.21. The molecular formula is C16H11BrClNO3. The van der Waals surface area contributed by atoms with Crippen LogP contribution in [0.5, 0.6) is 11.5 Å². The summed E-state index contributed by atoms with van der Waals surface area (Å²) in [6, 6.07) is 10.7. The molecule has 2 aromatic rings. The van der Waals surface area contributed by atoms with E-state index < -0.39 is 0 Å². The highest BCUT2D eigenvalue weighted by Gasteiger charge is 2.18. The van der Waals surface area contributed by atoms with Gasteiger partial charge in [-0.25, -0.2) is 0 Å². The van der Waals surface area contributed by atoms with E-state index in [4.69, 9.17) is 21.1 Å². The third-order valence-electron chi connectivity index (χ3n) is 3.06. The molecule has 1 heterocycles. The van der Waals surface area contributed by atoms with Crippen molar-refractivity contribution in [2.24, 2.45) is 0 Å². The molecule has 0 atom stereocenters. The van der Waals surface area contributed by atoms with Crippen molar-refractivity contribution in [2.45, 2.75) is 0 Å². The van der Waals surface area contributed by atoms with Gasteiger partial charge in [0, 0.05) is 16.1 Å². The first-order chi connectivity index (χ1) is 10.6. The van der Waals surface area contributed by atoms with Gasteiger partial charge in [-0.3, -0.25) is 4.79 Å². The second kappa shape index (κ2) is 6.42. The predicted octanol–water partition coefficient (Wildman–Crippen LogP) is 4.48. The quantitative estimate of drug-likeness (QED) is 0.799. The Labute approximate surface area is 140 Å². The Morgan fingerprint density at radius 3 is 2.86 bits per heavy atom. The minimum absolute atomic E-state index is 0.179. The van der Waals surface area contributed by atoms with Crippen LogP contribution >= 0.6 is 27.5 Å². The van der Waals surface area contributed by atoms with Crippen molar-refractivity contribution < 1.29 is 14.3 Å². The Balaban J connectivity index is 1.79. The average molecular weight is 381 g/mol. The number of halogens is 2. The fourth-order valence-electron chi connectivity index (χ4n) is 2.02. The molecule has 0 bridgehead atoms. The van der Waals surface area contributed by atoms with Gasteiger partial charge < -0.3 is 14.8 Å². The van der Waals surface area contributed by atoms with Gasteiger partial charge in [-0.15, -0.1) is 0 Å². The number of fused-ring (bicyclic) bond motifs is 1. The van der Waals surface area contributed by atoms with Crippen molar-refractivity contribution in [3.63, 3.8) is 0 Å². The molecule has 0 fully saturated rings. The van der Waals surface area contributed by atoms with E-state index in [9.17, 15) is 4.79 Å². The molecule has 0 spiro atoms. The molecule has 4 nitrogen and oxygen atoms in total. The van der Waals surface area contributed by atoms with Crippen molar-refractivity contribution in [1.29, 1.82) is 0 Å². The first-order valence-corrected chi connectivity index (χ1v) is 7.64. The van der Waals surface area contributed by atoms with E-state index >= 15 is 0 Å². The fourth-order valence-corrected chi connectivity index (χ4v) is 2.65. The lowest BCUT2D eigenvalue weighted by Crippen LogP contribution is -2.08. The highest BCUT2D eigenvalue weighted by Crippen LogP contribution is 2.40. The van der Waals surface area contributed by atoms with Gasteiger partial charge in [-0.2, -0.15) is 0 Å². The van der Waals surface area contributed by atoms with Gasteiger partial charge in [-0.1, -0.05) is 39.7 Å². The minimum Gasteiger partial charge on any atom is -0.454 e. The maximum Gasteiger partial charge on any atom is 0.248 e. The van der Waals surface area contributed by atoms with Crippen LogP contribution in [0.15, 0.2) is 46.9 Å². The Morgan fingerprint density at radius 2 is 2.05 bits per heavy atom. The Morgan fingerprint density at radius 1 is 1.23 bits per heavy atom. The molecule has 112 valence electrons. The standard InChI is InChI=1S/C16H11BrClNO3/c17-11-6-7-14-16(22-9-21-14)10(11)5-8-15(20)19-13-4-2-1-3-12(13)18/h1-8H,9H2,(H,19,20)/b8-5+. The zero-order valence-corrected chi connectivity index (χ0v) is 13.6. The summed E-state index contributed by atoms with van der Waals surface area (Å²) >= 11 is 9.44. The monoisotopic (exact) mass is 379 g/mol. The normalized spacial score (nSPS) is 12.6. The summed E-state index contributed by atoms with van der Waals surface area (Å²) in [6.45, 7) is 0.179. The van der Waals surface area contributed by atoms with Crippen molar-refractivity contribution >= 4 is 45.2 Å². The highest BCUT2D eigenvalue weighted by atomic mass is 79.9. The largest absolute Gasteiger partial charge is 0.454 e. The number of ether oxygens (including phenoxy) is 2. The van der Waals surface area contributed by atoms with E-state index in [1.807, 2.05) is 12.1 Å². The Hall–Kier alpha value is -1.98. The van der Waals surface area contributed by atoms with Gasteiger partial charge >= 0.3 is 0 Å². The number of rotatable bonds is 3. The molecule has 0 saturated heterocycles.